The van der Waals surface area contributed by atoms with Crippen molar-refractivity contribution in [2.24, 2.45) is 5.73 Å². The van der Waals surface area contributed by atoms with E-state index in [0.717, 1.165) is 11.1 Å². The molecule has 0 unspecified atom stereocenters. The fraction of sp³-hybridized carbons (Fsp3) is 0.125. The second-order valence-electron chi connectivity index (χ2n) is 6.63. The van der Waals surface area contributed by atoms with E-state index in [-0.39, 0.29) is 17.4 Å². The van der Waals surface area contributed by atoms with Crippen LogP contribution in [-0.2, 0) is 14.3 Å². The summed E-state index contributed by atoms with van der Waals surface area (Å²) in [7, 11) is 0. The van der Waals surface area contributed by atoms with Crippen LogP contribution in [0.1, 0.15) is 27.5 Å². The van der Waals surface area contributed by atoms with Crippen molar-refractivity contribution in [2.45, 2.75) is 6.04 Å². The topological polar surface area (TPSA) is 108 Å². The minimum atomic E-state index is -0.745. The third-order valence-corrected chi connectivity index (χ3v) is 4.43. The Kier molecular flexibility index (Phi) is 7.37. The van der Waals surface area contributed by atoms with Gasteiger partial charge < -0.3 is 20.5 Å². The summed E-state index contributed by atoms with van der Waals surface area (Å²) < 4.78 is 10.3. The first-order chi connectivity index (χ1) is 15.0. The van der Waals surface area contributed by atoms with Gasteiger partial charge >= 0.3 is 5.97 Å². The molecule has 0 heterocycles. The molecular formula is C24H22N2O5. The van der Waals surface area contributed by atoms with Crippen LogP contribution in [-0.4, -0.2) is 31.0 Å². The van der Waals surface area contributed by atoms with Gasteiger partial charge in [-0.25, -0.2) is 4.79 Å². The normalized spacial score (nSPS) is 10.4. The highest BCUT2D eigenvalue weighted by Gasteiger charge is 2.18. The van der Waals surface area contributed by atoms with Crippen LogP contribution >= 0.6 is 0 Å². The van der Waals surface area contributed by atoms with Crippen molar-refractivity contribution in [1.29, 1.82) is 0 Å². The number of benzene rings is 3. The lowest BCUT2D eigenvalue weighted by atomic mass is 9.99. The van der Waals surface area contributed by atoms with E-state index in [1.54, 1.807) is 12.1 Å². The molecule has 3 aromatic rings. The van der Waals surface area contributed by atoms with Gasteiger partial charge in [0.25, 0.3) is 11.8 Å². The zero-order valence-corrected chi connectivity index (χ0v) is 16.7. The van der Waals surface area contributed by atoms with Gasteiger partial charge in [-0.1, -0.05) is 72.8 Å². The van der Waals surface area contributed by atoms with Gasteiger partial charge in [0.15, 0.2) is 13.2 Å². The summed E-state index contributed by atoms with van der Waals surface area (Å²) in [6.45, 7) is -0.922. The quantitative estimate of drug-likeness (QED) is 0.520. The predicted octanol–water partition coefficient (Wildman–Crippen LogP) is 2.61. The van der Waals surface area contributed by atoms with Gasteiger partial charge in [0.2, 0.25) is 0 Å². The molecule has 158 valence electrons. The number of carbonyl (C=O) groups is 3. The number of nitrogens with one attached hydrogen (secondary N) is 1. The Morgan fingerprint density at radius 1 is 0.774 bits per heavy atom. The number of carbonyl (C=O) groups excluding carboxylic acids is 3. The molecule has 0 bridgehead atoms. The summed E-state index contributed by atoms with van der Waals surface area (Å²) in [5.74, 6) is -1.70. The molecule has 2 amide bonds. The molecular weight excluding hydrogens is 396 g/mol. The average Bonchev–Trinajstić information content (AvgIpc) is 2.81. The highest BCUT2D eigenvalue weighted by molar-refractivity contribution is 5.95. The Balaban J connectivity index is 1.56. The first kappa shape index (κ1) is 21.6. The molecule has 0 aliphatic heterocycles. The highest BCUT2D eigenvalue weighted by Crippen LogP contribution is 2.21. The summed E-state index contributed by atoms with van der Waals surface area (Å²) in [5.41, 5.74) is 7.23. The van der Waals surface area contributed by atoms with Crippen molar-refractivity contribution in [3.05, 3.63) is 102 Å². The number of amides is 2. The maximum atomic E-state index is 12.4. The van der Waals surface area contributed by atoms with Crippen molar-refractivity contribution < 1.29 is 23.9 Å². The number of esters is 1. The standard InChI is InChI=1S/C24H22N2O5/c25-24(29)19-13-7-8-14-20(19)30-16-22(28)31-15-21(27)26-23(17-9-3-1-4-10-17)18-11-5-2-6-12-18/h1-14,23H,15-16H2,(H2,25,29)(H,26,27). The predicted molar refractivity (Wildman–Crippen MR) is 114 cm³/mol. The highest BCUT2D eigenvalue weighted by atomic mass is 16.6. The number of ether oxygens (including phenoxy) is 2. The summed E-state index contributed by atoms with van der Waals surface area (Å²) in [5, 5.41) is 2.88. The van der Waals surface area contributed by atoms with Crippen LogP contribution in [0.4, 0.5) is 0 Å². The fourth-order valence-electron chi connectivity index (χ4n) is 2.97. The Hall–Kier alpha value is -4.13. The van der Waals surface area contributed by atoms with Gasteiger partial charge in [0.1, 0.15) is 5.75 Å². The smallest absolute Gasteiger partial charge is 0.344 e. The molecule has 7 nitrogen and oxygen atoms in total. The number of primary amides is 1. The summed E-state index contributed by atoms with van der Waals surface area (Å²) in [6.07, 6.45) is 0. The third kappa shape index (κ3) is 6.17. The van der Waals surface area contributed by atoms with E-state index >= 15 is 0 Å². The molecule has 3 N–H and O–H groups in total. The SMILES string of the molecule is NC(=O)c1ccccc1OCC(=O)OCC(=O)NC(c1ccccc1)c1ccccc1. The van der Waals surface area contributed by atoms with Crippen molar-refractivity contribution in [1.82, 2.24) is 5.32 Å². The average molecular weight is 418 g/mol. The molecule has 0 spiro atoms. The van der Waals surface area contributed by atoms with E-state index in [9.17, 15) is 14.4 Å². The van der Waals surface area contributed by atoms with E-state index in [1.807, 2.05) is 60.7 Å². The molecule has 0 saturated carbocycles. The van der Waals surface area contributed by atoms with Crippen LogP contribution in [0.25, 0.3) is 0 Å². The minimum Gasteiger partial charge on any atom is -0.481 e. The Morgan fingerprint density at radius 3 is 1.90 bits per heavy atom. The van der Waals surface area contributed by atoms with Crippen LogP contribution in [0.15, 0.2) is 84.9 Å². The largest absolute Gasteiger partial charge is 0.481 e. The molecule has 0 aliphatic carbocycles. The maximum Gasteiger partial charge on any atom is 0.344 e. The van der Waals surface area contributed by atoms with Crippen molar-refractivity contribution in [3.63, 3.8) is 0 Å². The molecule has 0 aliphatic rings. The summed E-state index contributed by atoms with van der Waals surface area (Å²) in [4.78, 5) is 35.8. The van der Waals surface area contributed by atoms with E-state index < -0.39 is 31.0 Å². The molecule has 3 rings (SSSR count). The Bertz CT molecular complexity index is 999. The van der Waals surface area contributed by atoms with Crippen LogP contribution < -0.4 is 15.8 Å². The molecule has 7 heteroatoms. The first-order valence-corrected chi connectivity index (χ1v) is 9.61. The molecule has 3 aromatic carbocycles. The zero-order chi connectivity index (χ0) is 22.1. The Morgan fingerprint density at radius 2 is 1.32 bits per heavy atom. The summed E-state index contributed by atoms with van der Waals surface area (Å²) >= 11 is 0. The van der Waals surface area contributed by atoms with Gasteiger partial charge in [-0.2, -0.15) is 0 Å². The minimum absolute atomic E-state index is 0.154. The fourth-order valence-corrected chi connectivity index (χ4v) is 2.97. The molecule has 0 fully saturated rings. The van der Waals surface area contributed by atoms with Crippen molar-refractivity contribution in [3.8, 4) is 5.75 Å². The summed E-state index contributed by atoms with van der Waals surface area (Å²) in [6, 6.07) is 24.9. The first-order valence-electron chi connectivity index (χ1n) is 9.61. The van der Waals surface area contributed by atoms with E-state index in [4.69, 9.17) is 15.2 Å². The van der Waals surface area contributed by atoms with Crippen molar-refractivity contribution >= 4 is 17.8 Å². The van der Waals surface area contributed by atoms with Crippen LogP contribution in [0.5, 0.6) is 5.75 Å². The lowest BCUT2D eigenvalue weighted by Gasteiger charge is -2.20. The number of hydrogen-bond donors (Lipinski definition) is 2. The van der Waals surface area contributed by atoms with E-state index in [1.165, 1.54) is 12.1 Å². The number of para-hydroxylation sites is 1. The van der Waals surface area contributed by atoms with Crippen molar-refractivity contribution in [2.75, 3.05) is 13.2 Å². The zero-order valence-electron chi connectivity index (χ0n) is 16.7. The third-order valence-electron chi connectivity index (χ3n) is 4.43. The van der Waals surface area contributed by atoms with E-state index in [0.29, 0.717) is 0 Å². The van der Waals surface area contributed by atoms with Gasteiger partial charge in [0.05, 0.1) is 11.6 Å². The number of rotatable bonds is 9. The molecule has 0 saturated heterocycles. The molecule has 0 aromatic heterocycles. The lowest BCUT2D eigenvalue weighted by molar-refractivity contribution is -0.150. The van der Waals surface area contributed by atoms with Gasteiger partial charge in [-0.15, -0.1) is 0 Å². The number of nitrogens with two attached hydrogens (primary N) is 1. The maximum absolute atomic E-state index is 12.4. The Labute approximate surface area is 179 Å². The second kappa shape index (κ2) is 10.6. The molecule has 0 radical (unpaired) electrons. The van der Waals surface area contributed by atoms with Crippen LogP contribution in [0, 0.1) is 0 Å². The second-order valence-corrected chi connectivity index (χ2v) is 6.63. The molecule has 0 atom stereocenters. The van der Waals surface area contributed by atoms with Crippen LogP contribution in [0.3, 0.4) is 0 Å². The van der Waals surface area contributed by atoms with Crippen LogP contribution in [0.2, 0.25) is 0 Å². The number of hydrogen-bond acceptors (Lipinski definition) is 5. The van der Waals surface area contributed by atoms with Gasteiger partial charge in [-0.3, -0.25) is 9.59 Å². The van der Waals surface area contributed by atoms with Gasteiger partial charge in [-0.05, 0) is 23.3 Å². The monoisotopic (exact) mass is 418 g/mol. The van der Waals surface area contributed by atoms with Gasteiger partial charge in [0, 0.05) is 0 Å². The van der Waals surface area contributed by atoms with E-state index in [2.05, 4.69) is 5.32 Å². The molecule has 31 heavy (non-hydrogen) atoms. The lowest BCUT2D eigenvalue weighted by Crippen LogP contribution is -2.33.